The van der Waals surface area contributed by atoms with Gasteiger partial charge < -0.3 is 66.1 Å². The van der Waals surface area contributed by atoms with Gasteiger partial charge in [-0.2, -0.15) is 0 Å². The van der Waals surface area contributed by atoms with Crippen LogP contribution in [0.5, 0.6) is 0 Å². The fourth-order valence-corrected chi connectivity index (χ4v) is 0. The summed E-state index contributed by atoms with van der Waals surface area (Å²) in [5.74, 6) is 0.259. The molecule has 0 N–H and O–H groups in total. The Hall–Kier alpha value is 2.83. The Morgan fingerprint density at radius 3 is 0.850 bits per heavy atom. The van der Waals surface area contributed by atoms with E-state index in [1.165, 1.54) is 0 Å². The number of carbonyl (C=O) groups is 2. The maximum Gasteiger partial charge on any atom is 0.129 e. The summed E-state index contributed by atoms with van der Waals surface area (Å²) in [6.07, 6.45) is 1.22. The Balaban J connectivity index is -0.00000000427. The van der Waals surface area contributed by atoms with Crippen molar-refractivity contribution in [2.24, 2.45) is 0 Å². The first-order valence-electron chi connectivity index (χ1n) is 3.38. The summed E-state index contributed by atoms with van der Waals surface area (Å²) in [7, 11) is 0. The van der Waals surface area contributed by atoms with Crippen LogP contribution >= 0.6 is 49.6 Å². The summed E-state index contributed by atoms with van der Waals surface area (Å²) >= 11 is 0. The zero-order valence-corrected chi connectivity index (χ0v) is 21.8. The molecule has 0 saturated heterocycles. The Kier molecular flexibility index (Phi) is 375. The number of carbonyl (C=O) groups excluding carboxylic acids is 2. The van der Waals surface area contributed by atoms with E-state index in [0.29, 0.717) is 12.8 Å². The van der Waals surface area contributed by atoms with Crippen LogP contribution in [-0.4, -0.2) is 11.6 Å². The number of hydrogen-bond acceptors (Lipinski definition) is 2. The molecule has 0 aromatic carbocycles. The molecule has 0 aliphatic carbocycles. The second-order valence-corrected chi connectivity index (χ2v) is 1.95. The van der Waals surface area contributed by atoms with E-state index in [-0.39, 0.29) is 151 Å². The monoisotopic (exact) mass is 813 g/mol. The molecule has 0 spiro atoms. The van der Waals surface area contributed by atoms with Crippen LogP contribution in [0.15, 0.2) is 0 Å². The molecule has 0 heterocycles. The van der Waals surface area contributed by atoms with Crippen molar-refractivity contribution >= 4 is 61.2 Å². The van der Waals surface area contributed by atoms with Crippen molar-refractivity contribution in [3.05, 3.63) is 6.92 Å². The smallest absolute Gasteiger partial charge is 0.129 e. The Morgan fingerprint density at radius 1 is 0.750 bits per heavy atom. The Bertz CT molecular complexity index is 119. The molecule has 20 heavy (non-hydrogen) atoms. The van der Waals surface area contributed by atoms with Crippen LogP contribution in [0.1, 0.15) is 33.6 Å². The first kappa shape index (κ1) is 92.8. The summed E-state index contributed by atoms with van der Waals surface area (Å²) in [6, 6.07) is 0. The predicted octanol–water partition coefficient (Wildman–Crippen LogP) is -8.52. The van der Waals surface area contributed by atoms with Gasteiger partial charge in [0, 0.05) is 46.6 Å². The number of rotatable bonds is 2. The topological polar surface area (TPSA) is 34.1 Å². The molecule has 0 fully saturated rings. The van der Waals surface area contributed by atoms with Gasteiger partial charge in [-0.15, -0.1) is 49.6 Å². The summed E-state index contributed by atoms with van der Waals surface area (Å²) < 4.78 is 0. The molecule has 2 radical (unpaired) electrons. The van der Waals surface area contributed by atoms with Crippen molar-refractivity contribution in [3.8, 4) is 0 Å². The zero-order chi connectivity index (χ0) is 8.57. The molecule has 0 aromatic heterocycles. The first-order chi connectivity index (χ1) is 4.54. The van der Waals surface area contributed by atoms with E-state index in [1.54, 1.807) is 13.8 Å². The fraction of sp³-hybridized carbons (Fsp3) is 0.625. The number of Topliss-reactive ketones (excluding diaryl/α,β-unsaturated/α-hetero) is 2. The van der Waals surface area contributed by atoms with Crippen LogP contribution in [-0.2, 0) is 49.8 Å². The van der Waals surface area contributed by atoms with Gasteiger partial charge in [-0.1, -0.05) is 13.8 Å². The van der Waals surface area contributed by atoms with Gasteiger partial charge in [-0.3, -0.25) is 0 Å². The molecule has 142 valence electrons. The van der Waals surface area contributed by atoms with E-state index in [2.05, 4.69) is 6.92 Å². The number of halogens is 8. The molecule has 2 nitrogen and oxygen atoms in total. The molecule has 0 unspecified atom stereocenters. The van der Waals surface area contributed by atoms with Gasteiger partial charge in [0.15, 0.2) is 0 Å². The SMILES string of the molecule is CCC(C)=O.Cl.Cl.Cl.Cl.[CH2-]C(=O)CC.[Cl-].[Cl-].[Cl-].[Cl-].[Ir].[Ir]. The van der Waals surface area contributed by atoms with Gasteiger partial charge in [0.2, 0.25) is 0 Å². The largest absolute Gasteiger partial charge is 1.00 e. The van der Waals surface area contributed by atoms with Crippen molar-refractivity contribution < 1.29 is 99.4 Å². The Labute approximate surface area is 199 Å². The van der Waals surface area contributed by atoms with Crippen LogP contribution in [0.2, 0.25) is 0 Å². The van der Waals surface area contributed by atoms with Crippen molar-refractivity contribution in [2.45, 2.75) is 33.6 Å². The van der Waals surface area contributed by atoms with Gasteiger partial charge in [0.1, 0.15) is 5.78 Å². The minimum atomic E-state index is 0. The van der Waals surface area contributed by atoms with Crippen LogP contribution in [0.25, 0.3) is 0 Å². The van der Waals surface area contributed by atoms with Crippen molar-refractivity contribution in [1.82, 2.24) is 0 Å². The molecule has 0 atom stereocenters. The predicted molar refractivity (Wildman–Crippen MR) is 70.6 cm³/mol. The maximum atomic E-state index is 9.81. The van der Waals surface area contributed by atoms with E-state index >= 15 is 0 Å². The van der Waals surface area contributed by atoms with Gasteiger partial charge in [0.05, 0.1) is 0 Å². The van der Waals surface area contributed by atoms with Gasteiger partial charge in [-0.05, 0) is 19.1 Å². The van der Waals surface area contributed by atoms with Crippen LogP contribution in [0.3, 0.4) is 0 Å². The van der Waals surface area contributed by atoms with Crippen molar-refractivity contribution in [2.75, 3.05) is 0 Å². The molecule has 0 aliphatic rings. The fourth-order valence-electron chi connectivity index (χ4n) is 0. The number of hydrogen-bond donors (Lipinski definition) is 0. The van der Waals surface area contributed by atoms with E-state index in [4.69, 9.17) is 0 Å². The van der Waals surface area contributed by atoms with Crippen LogP contribution in [0.4, 0.5) is 0 Å². The first-order valence-corrected chi connectivity index (χ1v) is 3.38. The van der Waals surface area contributed by atoms with Crippen molar-refractivity contribution in [1.29, 1.82) is 0 Å². The van der Waals surface area contributed by atoms with Crippen LogP contribution < -0.4 is 49.6 Å². The Morgan fingerprint density at radius 2 is 0.850 bits per heavy atom. The summed E-state index contributed by atoms with van der Waals surface area (Å²) in [4.78, 5) is 19.5. The van der Waals surface area contributed by atoms with E-state index in [1.807, 2.05) is 6.92 Å². The average molecular weight is 815 g/mol. The molecular formula is C8H19Cl8Ir2O2-5. The molecule has 0 rings (SSSR count). The van der Waals surface area contributed by atoms with E-state index < -0.39 is 0 Å². The standard InChI is InChI=1S/C4H8O.C4H7O.8ClH.2Ir/c2*1-3-4(2)5;;;;;;;;;;/h3H2,1-2H3;2-3H2,1H3;8*1H;;/q;-1;;;;;;;;;;/p-4. The normalized spacial score (nSPS) is 3.75. The third-order valence-corrected chi connectivity index (χ3v) is 0.892. The maximum absolute atomic E-state index is 9.81. The second-order valence-electron chi connectivity index (χ2n) is 1.95. The van der Waals surface area contributed by atoms with Gasteiger partial charge in [0.25, 0.3) is 0 Å². The molecular weight excluding hydrogens is 796 g/mol. The van der Waals surface area contributed by atoms with E-state index in [0.717, 1.165) is 0 Å². The average Bonchev–Trinajstić information content (AvgIpc) is 1.89. The van der Waals surface area contributed by atoms with Gasteiger partial charge in [-0.25, -0.2) is 0 Å². The van der Waals surface area contributed by atoms with E-state index in [9.17, 15) is 9.59 Å². The minimum Gasteiger partial charge on any atom is -1.00 e. The van der Waals surface area contributed by atoms with Crippen LogP contribution in [0, 0.1) is 6.92 Å². The molecule has 0 aliphatic heterocycles. The molecule has 0 saturated carbocycles. The van der Waals surface area contributed by atoms with Crippen molar-refractivity contribution in [3.63, 3.8) is 0 Å². The molecule has 0 bridgehead atoms. The number of ketones is 2. The molecule has 12 heteroatoms. The minimum absolute atomic E-state index is 0. The zero-order valence-electron chi connectivity index (χ0n) is 10.7. The second kappa shape index (κ2) is 80.8. The quantitative estimate of drug-likeness (QED) is 0.260. The van der Waals surface area contributed by atoms with Gasteiger partial charge >= 0.3 is 0 Å². The summed E-state index contributed by atoms with van der Waals surface area (Å²) in [6.45, 7) is 8.34. The third kappa shape index (κ3) is 176. The summed E-state index contributed by atoms with van der Waals surface area (Å²) in [5, 5.41) is 0. The summed E-state index contributed by atoms with van der Waals surface area (Å²) in [5.41, 5.74) is 0. The molecule has 0 aromatic rings. The molecule has 0 amide bonds. The third-order valence-electron chi connectivity index (χ3n) is 0.892.